The summed E-state index contributed by atoms with van der Waals surface area (Å²) in [6, 6.07) is 5.21. The fourth-order valence-electron chi connectivity index (χ4n) is 2.60. The Hall–Kier alpha value is -0.600. The summed E-state index contributed by atoms with van der Waals surface area (Å²) in [4.78, 5) is 0. The van der Waals surface area contributed by atoms with E-state index in [4.69, 9.17) is 11.6 Å². The van der Waals surface area contributed by atoms with Gasteiger partial charge in [0.2, 0.25) is 0 Å². The van der Waals surface area contributed by atoms with Crippen LogP contribution in [0.2, 0.25) is 5.02 Å². The van der Waals surface area contributed by atoms with Crippen molar-refractivity contribution in [2.45, 2.75) is 11.8 Å². The predicted molar refractivity (Wildman–Crippen MR) is 54.1 cm³/mol. The van der Waals surface area contributed by atoms with Gasteiger partial charge in [-0.3, -0.25) is 0 Å². The van der Waals surface area contributed by atoms with Crippen molar-refractivity contribution in [3.63, 3.8) is 0 Å². The molecular weight excluding hydrogens is 201 g/mol. The van der Waals surface area contributed by atoms with Crippen molar-refractivity contribution in [1.29, 1.82) is 0 Å². The fraction of sp³-hybridized carbons (Fsp3) is 0.455. The molecule has 0 aromatic heterocycles. The second-order valence-electron chi connectivity index (χ2n) is 4.32. The summed E-state index contributed by atoms with van der Waals surface area (Å²) in [6.45, 7) is 2.06. The lowest BCUT2D eigenvalue weighted by atomic mass is 9.95. The van der Waals surface area contributed by atoms with E-state index in [1.807, 2.05) is 6.07 Å². The number of fused-ring (bicyclic) bond motifs is 1. The zero-order chi connectivity index (χ0) is 9.76. The fourth-order valence-corrected chi connectivity index (χ4v) is 2.71. The lowest BCUT2D eigenvalue weighted by molar-refractivity contribution is 0.614. The van der Waals surface area contributed by atoms with Crippen LogP contribution in [-0.4, -0.2) is 13.1 Å². The van der Waals surface area contributed by atoms with Gasteiger partial charge in [0.05, 0.1) is 5.02 Å². The summed E-state index contributed by atoms with van der Waals surface area (Å²) >= 11 is 5.66. The molecule has 2 aliphatic rings. The van der Waals surface area contributed by atoms with Gasteiger partial charge < -0.3 is 5.32 Å². The molecule has 1 aromatic rings. The van der Waals surface area contributed by atoms with Gasteiger partial charge in [-0.2, -0.15) is 0 Å². The Bertz CT molecular complexity index is 393. The zero-order valence-corrected chi connectivity index (χ0v) is 8.44. The number of piperidine rings is 1. The van der Waals surface area contributed by atoms with E-state index >= 15 is 0 Å². The molecule has 0 amide bonds. The normalized spacial score (nSPS) is 34.3. The highest BCUT2D eigenvalue weighted by atomic mass is 35.5. The van der Waals surface area contributed by atoms with Crippen molar-refractivity contribution >= 4 is 11.6 Å². The minimum absolute atomic E-state index is 0.216. The minimum atomic E-state index is -0.295. The number of nitrogens with one attached hydrogen (secondary N) is 1. The van der Waals surface area contributed by atoms with Gasteiger partial charge in [0.15, 0.2) is 0 Å². The molecule has 1 aliphatic heterocycles. The Balaban J connectivity index is 2.01. The largest absolute Gasteiger partial charge is 0.316 e. The van der Waals surface area contributed by atoms with Gasteiger partial charge in [-0.1, -0.05) is 17.7 Å². The van der Waals surface area contributed by atoms with Crippen molar-refractivity contribution in [3.05, 3.63) is 34.6 Å². The van der Waals surface area contributed by atoms with Gasteiger partial charge >= 0.3 is 0 Å². The van der Waals surface area contributed by atoms with Gasteiger partial charge in [0.25, 0.3) is 0 Å². The first kappa shape index (κ1) is 8.69. The molecule has 0 spiro atoms. The van der Waals surface area contributed by atoms with Gasteiger partial charge in [0.1, 0.15) is 5.82 Å². The Morgan fingerprint density at radius 2 is 2.36 bits per heavy atom. The summed E-state index contributed by atoms with van der Waals surface area (Å²) in [6.07, 6.45) is 1.20. The summed E-state index contributed by atoms with van der Waals surface area (Å²) in [5, 5.41) is 3.56. The Labute approximate surface area is 87.3 Å². The van der Waals surface area contributed by atoms with E-state index in [-0.39, 0.29) is 16.3 Å². The SMILES string of the molecule is Fc1cc(C23CNC[C@@H]2C3)ccc1Cl. The van der Waals surface area contributed by atoms with Crippen molar-refractivity contribution in [1.82, 2.24) is 5.32 Å². The molecule has 1 saturated heterocycles. The average molecular weight is 212 g/mol. The van der Waals surface area contributed by atoms with Crippen LogP contribution in [0.4, 0.5) is 4.39 Å². The number of rotatable bonds is 1. The predicted octanol–water partition coefficient (Wildman–Crippen LogP) is 2.34. The molecule has 1 unspecified atom stereocenters. The molecule has 74 valence electrons. The van der Waals surface area contributed by atoms with E-state index in [9.17, 15) is 4.39 Å². The molecule has 0 radical (unpaired) electrons. The third-order valence-corrected chi connectivity index (χ3v) is 3.86. The topological polar surface area (TPSA) is 12.0 Å². The van der Waals surface area contributed by atoms with Crippen LogP contribution < -0.4 is 5.32 Å². The van der Waals surface area contributed by atoms with Gasteiger partial charge in [-0.15, -0.1) is 0 Å². The molecule has 1 saturated carbocycles. The summed E-state index contributed by atoms with van der Waals surface area (Å²) in [5.41, 5.74) is 1.33. The Morgan fingerprint density at radius 1 is 1.50 bits per heavy atom. The minimum Gasteiger partial charge on any atom is -0.316 e. The van der Waals surface area contributed by atoms with Crippen LogP contribution in [0.15, 0.2) is 18.2 Å². The van der Waals surface area contributed by atoms with Crippen molar-refractivity contribution < 1.29 is 4.39 Å². The summed E-state index contributed by atoms with van der Waals surface area (Å²) < 4.78 is 13.3. The maximum Gasteiger partial charge on any atom is 0.142 e. The first-order valence-corrected chi connectivity index (χ1v) is 5.26. The molecule has 2 atom stereocenters. The van der Waals surface area contributed by atoms with Crippen LogP contribution in [-0.2, 0) is 5.41 Å². The van der Waals surface area contributed by atoms with Crippen LogP contribution in [0.25, 0.3) is 0 Å². The first-order valence-electron chi connectivity index (χ1n) is 4.89. The highest BCUT2D eigenvalue weighted by Crippen LogP contribution is 2.56. The van der Waals surface area contributed by atoms with Crippen molar-refractivity contribution in [3.8, 4) is 0 Å². The Morgan fingerprint density at radius 3 is 2.93 bits per heavy atom. The number of benzene rings is 1. The van der Waals surface area contributed by atoms with Gasteiger partial charge in [-0.05, 0) is 36.6 Å². The first-order chi connectivity index (χ1) is 6.72. The van der Waals surface area contributed by atoms with E-state index < -0.39 is 0 Å². The van der Waals surface area contributed by atoms with E-state index in [1.165, 1.54) is 6.42 Å². The van der Waals surface area contributed by atoms with E-state index in [2.05, 4.69) is 5.32 Å². The standard InChI is InChI=1S/C11H11ClFN/c12-9-2-1-7(3-10(9)13)11-4-8(11)5-14-6-11/h1-3,8,14H,4-6H2/t8-,11?/m0/s1. The number of hydrogen-bond donors (Lipinski definition) is 1. The smallest absolute Gasteiger partial charge is 0.142 e. The quantitative estimate of drug-likeness (QED) is 0.752. The molecule has 2 fully saturated rings. The summed E-state index contributed by atoms with van der Waals surface area (Å²) in [7, 11) is 0. The highest BCUT2D eigenvalue weighted by Gasteiger charge is 2.58. The van der Waals surface area contributed by atoms with E-state index in [1.54, 1.807) is 12.1 Å². The third-order valence-electron chi connectivity index (χ3n) is 3.56. The van der Waals surface area contributed by atoms with Crippen LogP contribution in [0.1, 0.15) is 12.0 Å². The number of halogens is 2. The molecule has 1 heterocycles. The second kappa shape index (κ2) is 2.71. The van der Waals surface area contributed by atoms with Crippen LogP contribution in [0.3, 0.4) is 0 Å². The molecule has 3 heteroatoms. The molecule has 14 heavy (non-hydrogen) atoms. The lowest BCUT2D eigenvalue weighted by Gasteiger charge is -2.12. The van der Waals surface area contributed by atoms with Crippen molar-refractivity contribution in [2.24, 2.45) is 5.92 Å². The highest BCUT2D eigenvalue weighted by molar-refractivity contribution is 6.30. The van der Waals surface area contributed by atoms with E-state index in [0.717, 1.165) is 18.7 Å². The molecule has 1 aliphatic carbocycles. The van der Waals surface area contributed by atoms with Gasteiger partial charge in [0, 0.05) is 12.0 Å². The Kier molecular flexibility index (Phi) is 1.68. The zero-order valence-electron chi connectivity index (χ0n) is 7.69. The number of hydrogen-bond acceptors (Lipinski definition) is 1. The molecular formula is C11H11ClFN. The van der Waals surface area contributed by atoms with Crippen molar-refractivity contribution in [2.75, 3.05) is 13.1 Å². The van der Waals surface area contributed by atoms with Crippen LogP contribution in [0, 0.1) is 11.7 Å². The molecule has 1 N–H and O–H groups in total. The second-order valence-corrected chi connectivity index (χ2v) is 4.72. The maximum atomic E-state index is 13.3. The average Bonchev–Trinajstić information content (AvgIpc) is 2.75. The maximum absolute atomic E-state index is 13.3. The third kappa shape index (κ3) is 1.04. The monoisotopic (exact) mass is 211 g/mol. The van der Waals surface area contributed by atoms with E-state index in [0.29, 0.717) is 5.92 Å². The molecule has 3 rings (SSSR count). The summed E-state index contributed by atoms with van der Waals surface area (Å²) in [5.74, 6) is 0.416. The van der Waals surface area contributed by atoms with Crippen LogP contribution in [0.5, 0.6) is 0 Å². The molecule has 1 nitrogen and oxygen atoms in total. The molecule has 0 bridgehead atoms. The van der Waals surface area contributed by atoms with Crippen LogP contribution >= 0.6 is 11.6 Å². The molecule has 1 aromatic carbocycles. The lowest BCUT2D eigenvalue weighted by Crippen LogP contribution is -2.19. The van der Waals surface area contributed by atoms with Gasteiger partial charge in [-0.25, -0.2) is 4.39 Å².